The normalized spacial score (nSPS) is 15.7. The van der Waals surface area contributed by atoms with Gasteiger partial charge in [-0.1, -0.05) is 18.6 Å². The number of hydrogen-bond donors (Lipinski definition) is 2. The molecule has 1 unspecified atom stereocenters. The molecule has 1 aliphatic rings. The van der Waals surface area contributed by atoms with E-state index in [1.54, 1.807) is 20.4 Å². The number of methoxy groups -OCH3 is 1. The molecule has 2 heterocycles. The van der Waals surface area contributed by atoms with Crippen LogP contribution in [0.4, 0.5) is 0 Å². The minimum absolute atomic E-state index is 0. The molecule has 32 heavy (non-hydrogen) atoms. The van der Waals surface area contributed by atoms with Gasteiger partial charge in [-0.3, -0.25) is 9.89 Å². The van der Waals surface area contributed by atoms with Gasteiger partial charge in [0.15, 0.2) is 5.96 Å². The van der Waals surface area contributed by atoms with E-state index in [1.807, 2.05) is 6.07 Å². The van der Waals surface area contributed by atoms with Crippen molar-refractivity contribution in [3.05, 3.63) is 53.5 Å². The summed E-state index contributed by atoms with van der Waals surface area (Å²) in [7, 11) is 3.47. The van der Waals surface area contributed by atoms with Crippen molar-refractivity contribution < 1.29 is 13.9 Å². The maximum atomic E-state index is 5.91. The van der Waals surface area contributed by atoms with Crippen molar-refractivity contribution in [3.63, 3.8) is 0 Å². The van der Waals surface area contributed by atoms with Crippen molar-refractivity contribution in [1.82, 2.24) is 15.5 Å². The third kappa shape index (κ3) is 7.97. The van der Waals surface area contributed by atoms with E-state index in [0.717, 1.165) is 42.7 Å². The molecule has 0 saturated carbocycles. The summed E-state index contributed by atoms with van der Waals surface area (Å²) in [5.74, 6) is 2.64. The first-order valence-electron chi connectivity index (χ1n) is 11.1. The number of nitrogens with one attached hydrogen (secondary N) is 2. The molecule has 2 aromatic rings. The summed E-state index contributed by atoms with van der Waals surface area (Å²) >= 11 is 0. The number of rotatable bonds is 10. The highest BCUT2D eigenvalue weighted by molar-refractivity contribution is 14.0. The van der Waals surface area contributed by atoms with Gasteiger partial charge in [0, 0.05) is 32.8 Å². The maximum Gasteiger partial charge on any atom is 0.191 e. The molecule has 0 spiro atoms. The van der Waals surface area contributed by atoms with E-state index in [9.17, 15) is 0 Å². The number of nitrogens with zero attached hydrogens (tertiary/aromatic N) is 2. The average molecular weight is 556 g/mol. The Morgan fingerprint density at radius 1 is 1.16 bits per heavy atom. The molecule has 8 heteroatoms. The lowest BCUT2D eigenvalue weighted by Gasteiger charge is -2.33. The Hall–Kier alpha value is -1.78. The van der Waals surface area contributed by atoms with Gasteiger partial charge in [0.25, 0.3) is 0 Å². The molecule has 1 saturated heterocycles. The Morgan fingerprint density at radius 3 is 2.66 bits per heavy atom. The van der Waals surface area contributed by atoms with Gasteiger partial charge in [0.2, 0.25) is 0 Å². The topological polar surface area (TPSA) is 71.3 Å². The molecule has 7 nitrogen and oxygen atoms in total. The van der Waals surface area contributed by atoms with Crippen LogP contribution in [0, 0.1) is 6.92 Å². The zero-order valence-electron chi connectivity index (χ0n) is 19.4. The summed E-state index contributed by atoms with van der Waals surface area (Å²) in [5, 5.41) is 6.90. The lowest BCUT2D eigenvalue weighted by molar-refractivity contribution is 0.145. The lowest BCUT2D eigenvalue weighted by Crippen LogP contribution is -2.44. The van der Waals surface area contributed by atoms with Gasteiger partial charge >= 0.3 is 0 Å². The molecule has 0 bridgehead atoms. The van der Waals surface area contributed by atoms with E-state index in [2.05, 4.69) is 51.7 Å². The van der Waals surface area contributed by atoms with Gasteiger partial charge in [-0.2, -0.15) is 0 Å². The first-order valence-corrected chi connectivity index (χ1v) is 11.1. The molecule has 1 atom stereocenters. The quantitative estimate of drug-likeness (QED) is 0.199. The molecule has 0 aliphatic carbocycles. The molecule has 3 rings (SSSR count). The van der Waals surface area contributed by atoms with E-state index in [0.29, 0.717) is 19.8 Å². The molecular formula is C24H37IN4O3. The van der Waals surface area contributed by atoms with Gasteiger partial charge in [-0.15, -0.1) is 24.0 Å². The van der Waals surface area contributed by atoms with Crippen molar-refractivity contribution in [2.75, 3.05) is 47.0 Å². The Bertz CT molecular complexity index is 808. The van der Waals surface area contributed by atoms with Crippen molar-refractivity contribution in [2.24, 2.45) is 4.99 Å². The SMILES string of the molecule is CN=C(NCc1ccc(C)cc1OCCOC)NCC(c1ccco1)N1CCCCC1.I. The Balaban J connectivity index is 0.00000363. The van der Waals surface area contributed by atoms with Crippen molar-refractivity contribution in [1.29, 1.82) is 0 Å². The third-order valence-electron chi connectivity index (χ3n) is 5.60. The third-order valence-corrected chi connectivity index (χ3v) is 5.60. The molecule has 1 aromatic heterocycles. The van der Waals surface area contributed by atoms with E-state index in [4.69, 9.17) is 13.9 Å². The second-order valence-electron chi connectivity index (χ2n) is 7.89. The first-order chi connectivity index (χ1) is 15.2. The maximum absolute atomic E-state index is 5.91. The van der Waals surface area contributed by atoms with Crippen LogP contribution >= 0.6 is 24.0 Å². The smallest absolute Gasteiger partial charge is 0.191 e. The van der Waals surface area contributed by atoms with Gasteiger partial charge < -0.3 is 24.5 Å². The largest absolute Gasteiger partial charge is 0.491 e. The first kappa shape index (κ1) is 26.5. The molecular weight excluding hydrogens is 519 g/mol. The zero-order chi connectivity index (χ0) is 21.9. The minimum atomic E-state index is 0. The number of furan rings is 1. The molecule has 1 fully saturated rings. The number of guanidine groups is 1. The van der Waals surface area contributed by atoms with Crippen LogP contribution in [0.1, 0.15) is 42.2 Å². The van der Waals surface area contributed by atoms with Gasteiger partial charge in [0.05, 0.1) is 18.9 Å². The summed E-state index contributed by atoms with van der Waals surface area (Å²) < 4.78 is 16.8. The monoisotopic (exact) mass is 556 g/mol. The van der Waals surface area contributed by atoms with E-state index < -0.39 is 0 Å². The van der Waals surface area contributed by atoms with Crippen LogP contribution in [0.5, 0.6) is 5.75 Å². The number of piperidine rings is 1. The number of aryl methyl sites for hydroxylation is 1. The predicted octanol–water partition coefficient (Wildman–Crippen LogP) is 4.12. The number of benzene rings is 1. The zero-order valence-corrected chi connectivity index (χ0v) is 21.8. The van der Waals surface area contributed by atoms with Crippen LogP contribution in [0.3, 0.4) is 0 Å². The minimum Gasteiger partial charge on any atom is -0.491 e. The Labute approximate surface area is 209 Å². The Kier molecular flexibility index (Phi) is 11.9. The van der Waals surface area contributed by atoms with Crippen LogP contribution in [-0.2, 0) is 11.3 Å². The number of halogens is 1. The molecule has 2 N–H and O–H groups in total. The fraction of sp³-hybridized carbons (Fsp3) is 0.542. The van der Waals surface area contributed by atoms with E-state index in [-0.39, 0.29) is 30.0 Å². The Morgan fingerprint density at radius 2 is 1.97 bits per heavy atom. The molecule has 0 amide bonds. The lowest BCUT2D eigenvalue weighted by atomic mass is 10.1. The van der Waals surface area contributed by atoms with Gasteiger partial charge in [-0.05, 0) is 56.6 Å². The van der Waals surface area contributed by atoms with Crippen LogP contribution < -0.4 is 15.4 Å². The second kappa shape index (κ2) is 14.4. The fourth-order valence-corrected chi connectivity index (χ4v) is 3.89. The highest BCUT2D eigenvalue weighted by Gasteiger charge is 2.24. The molecule has 178 valence electrons. The highest BCUT2D eigenvalue weighted by Crippen LogP contribution is 2.24. The number of hydrogen-bond acceptors (Lipinski definition) is 5. The van der Waals surface area contributed by atoms with Crippen molar-refractivity contribution >= 4 is 29.9 Å². The summed E-state index contributed by atoms with van der Waals surface area (Å²) in [4.78, 5) is 6.91. The van der Waals surface area contributed by atoms with Crippen molar-refractivity contribution in [3.8, 4) is 5.75 Å². The highest BCUT2D eigenvalue weighted by atomic mass is 127. The number of ether oxygens (including phenoxy) is 2. The molecule has 1 aromatic carbocycles. The van der Waals surface area contributed by atoms with Crippen LogP contribution in [0.25, 0.3) is 0 Å². The fourth-order valence-electron chi connectivity index (χ4n) is 3.89. The summed E-state index contributed by atoms with van der Waals surface area (Å²) in [6.07, 6.45) is 5.54. The molecule has 0 radical (unpaired) electrons. The standard InChI is InChI=1S/C24H36N4O3.HI/c1-19-9-10-20(23(16-19)31-15-14-29-3)17-26-24(25-2)27-18-21(22-8-7-13-30-22)28-11-5-4-6-12-28;/h7-10,13,16,21H,4-6,11-12,14-15,17-18H2,1-3H3,(H2,25,26,27);1H. The predicted molar refractivity (Wildman–Crippen MR) is 139 cm³/mol. The van der Waals surface area contributed by atoms with Crippen LogP contribution in [-0.4, -0.2) is 57.9 Å². The summed E-state index contributed by atoms with van der Waals surface area (Å²) in [6, 6.07) is 10.5. The number of aliphatic imine (C=N–C) groups is 1. The van der Waals surface area contributed by atoms with Gasteiger partial charge in [-0.25, -0.2) is 0 Å². The molecule has 1 aliphatic heterocycles. The van der Waals surface area contributed by atoms with Crippen LogP contribution in [0.15, 0.2) is 46.0 Å². The number of likely N-dealkylation sites (tertiary alicyclic amines) is 1. The van der Waals surface area contributed by atoms with E-state index >= 15 is 0 Å². The van der Waals surface area contributed by atoms with E-state index in [1.165, 1.54) is 24.8 Å². The van der Waals surface area contributed by atoms with Crippen molar-refractivity contribution in [2.45, 2.75) is 38.8 Å². The second-order valence-corrected chi connectivity index (χ2v) is 7.89. The van der Waals surface area contributed by atoms with Crippen LogP contribution in [0.2, 0.25) is 0 Å². The van der Waals surface area contributed by atoms with Gasteiger partial charge in [0.1, 0.15) is 18.1 Å². The summed E-state index contributed by atoms with van der Waals surface area (Å²) in [6.45, 7) is 6.72. The summed E-state index contributed by atoms with van der Waals surface area (Å²) in [5.41, 5.74) is 2.25. The average Bonchev–Trinajstić information content (AvgIpc) is 3.32.